The molecule has 0 aliphatic heterocycles. The van der Waals surface area contributed by atoms with Crippen LogP contribution < -0.4 is 10.3 Å². The lowest BCUT2D eigenvalue weighted by molar-refractivity contribution is 0.414. The van der Waals surface area contributed by atoms with Gasteiger partial charge in [0.1, 0.15) is 17.1 Å². The molecular formula is C21H17NO3. The SMILES string of the molecule is COc1ccc2c(-c3ccc(=O)n(C)c3)c(-c3ccccc3)oc2c1. The number of pyridine rings is 1. The molecule has 4 nitrogen and oxygen atoms in total. The van der Waals surface area contributed by atoms with Crippen LogP contribution in [0.5, 0.6) is 5.75 Å². The molecule has 2 aromatic carbocycles. The number of nitrogens with zero attached hydrogens (tertiary/aromatic N) is 1. The van der Waals surface area contributed by atoms with E-state index in [0.29, 0.717) is 0 Å². The Kier molecular flexibility index (Phi) is 3.65. The number of aryl methyl sites for hydroxylation is 1. The zero-order valence-corrected chi connectivity index (χ0v) is 14.0. The molecule has 2 heterocycles. The Labute approximate surface area is 144 Å². The predicted molar refractivity (Wildman–Crippen MR) is 98.9 cm³/mol. The van der Waals surface area contributed by atoms with Gasteiger partial charge in [0, 0.05) is 47.5 Å². The smallest absolute Gasteiger partial charge is 0.250 e. The highest BCUT2D eigenvalue weighted by atomic mass is 16.5. The number of furan rings is 1. The Balaban J connectivity index is 2.05. The van der Waals surface area contributed by atoms with E-state index in [1.807, 2.05) is 60.8 Å². The van der Waals surface area contributed by atoms with Crippen molar-refractivity contribution in [2.45, 2.75) is 0 Å². The van der Waals surface area contributed by atoms with E-state index in [1.54, 1.807) is 24.8 Å². The molecule has 0 saturated carbocycles. The molecule has 0 fully saturated rings. The van der Waals surface area contributed by atoms with Crippen molar-refractivity contribution < 1.29 is 9.15 Å². The van der Waals surface area contributed by atoms with Gasteiger partial charge in [-0.3, -0.25) is 4.79 Å². The van der Waals surface area contributed by atoms with Crippen LogP contribution >= 0.6 is 0 Å². The summed E-state index contributed by atoms with van der Waals surface area (Å²) in [6, 6.07) is 19.2. The molecule has 0 atom stereocenters. The third-order valence-corrected chi connectivity index (χ3v) is 4.31. The Morgan fingerprint density at radius 3 is 2.48 bits per heavy atom. The van der Waals surface area contributed by atoms with Gasteiger partial charge in [-0.15, -0.1) is 0 Å². The number of fused-ring (bicyclic) bond motifs is 1. The number of ether oxygens (including phenoxy) is 1. The first-order valence-electron chi connectivity index (χ1n) is 8.00. The average Bonchev–Trinajstić information content (AvgIpc) is 3.03. The highest BCUT2D eigenvalue weighted by molar-refractivity contribution is 6.02. The fourth-order valence-corrected chi connectivity index (χ4v) is 3.03. The van der Waals surface area contributed by atoms with Crippen LogP contribution in [0.2, 0.25) is 0 Å². The van der Waals surface area contributed by atoms with Gasteiger partial charge >= 0.3 is 0 Å². The molecule has 0 radical (unpaired) electrons. The van der Waals surface area contributed by atoms with Crippen LogP contribution in [0.15, 0.2) is 76.1 Å². The second kappa shape index (κ2) is 5.98. The van der Waals surface area contributed by atoms with Gasteiger partial charge in [-0.2, -0.15) is 0 Å². The monoisotopic (exact) mass is 331 g/mol. The molecule has 0 spiro atoms. The summed E-state index contributed by atoms with van der Waals surface area (Å²) in [5.41, 5.74) is 3.60. The van der Waals surface area contributed by atoms with Gasteiger partial charge in [-0.05, 0) is 18.2 Å². The van der Waals surface area contributed by atoms with Gasteiger partial charge in [-0.1, -0.05) is 30.3 Å². The van der Waals surface area contributed by atoms with Crippen LogP contribution in [0.3, 0.4) is 0 Å². The molecule has 0 bridgehead atoms. The van der Waals surface area contributed by atoms with Crippen LogP contribution in [0.25, 0.3) is 33.4 Å². The lowest BCUT2D eigenvalue weighted by Gasteiger charge is -2.06. The van der Waals surface area contributed by atoms with Gasteiger partial charge in [0.05, 0.1) is 7.11 Å². The van der Waals surface area contributed by atoms with Gasteiger partial charge in [0.2, 0.25) is 5.56 Å². The minimum atomic E-state index is -0.0421. The van der Waals surface area contributed by atoms with E-state index in [1.165, 1.54) is 0 Å². The van der Waals surface area contributed by atoms with Crippen molar-refractivity contribution in [3.05, 3.63) is 77.2 Å². The van der Waals surface area contributed by atoms with E-state index in [9.17, 15) is 4.79 Å². The van der Waals surface area contributed by atoms with Crippen LogP contribution in [0.4, 0.5) is 0 Å². The molecule has 0 aliphatic carbocycles. The number of rotatable bonds is 3. The highest BCUT2D eigenvalue weighted by Gasteiger charge is 2.18. The fourth-order valence-electron chi connectivity index (χ4n) is 3.03. The van der Waals surface area contributed by atoms with Gasteiger partial charge in [0.25, 0.3) is 0 Å². The number of benzene rings is 2. The third-order valence-electron chi connectivity index (χ3n) is 4.31. The second-order valence-corrected chi connectivity index (χ2v) is 5.90. The second-order valence-electron chi connectivity index (χ2n) is 5.90. The van der Waals surface area contributed by atoms with Crippen molar-refractivity contribution in [3.63, 3.8) is 0 Å². The van der Waals surface area contributed by atoms with Crippen molar-refractivity contribution in [1.82, 2.24) is 4.57 Å². The summed E-state index contributed by atoms with van der Waals surface area (Å²) in [7, 11) is 3.38. The molecule has 4 rings (SSSR count). The van der Waals surface area contributed by atoms with Gasteiger partial charge in [0.15, 0.2) is 0 Å². The summed E-state index contributed by atoms with van der Waals surface area (Å²) in [5, 5.41) is 0.985. The van der Waals surface area contributed by atoms with E-state index in [0.717, 1.165) is 39.2 Å². The molecule has 2 aromatic heterocycles. The van der Waals surface area contributed by atoms with E-state index in [-0.39, 0.29) is 5.56 Å². The largest absolute Gasteiger partial charge is 0.497 e. The molecule has 0 amide bonds. The number of methoxy groups -OCH3 is 1. The summed E-state index contributed by atoms with van der Waals surface area (Å²) in [6.07, 6.45) is 1.84. The first kappa shape index (κ1) is 15.3. The molecule has 124 valence electrons. The molecule has 0 aliphatic rings. The molecule has 25 heavy (non-hydrogen) atoms. The summed E-state index contributed by atoms with van der Waals surface area (Å²) in [6.45, 7) is 0. The maximum atomic E-state index is 11.8. The predicted octanol–water partition coefficient (Wildman–Crippen LogP) is 4.47. The van der Waals surface area contributed by atoms with Gasteiger partial charge < -0.3 is 13.7 Å². The lowest BCUT2D eigenvalue weighted by Crippen LogP contribution is -2.13. The normalized spacial score (nSPS) is 11.0. The lowest BCUT2D eigenvalue weighted by atomic mass is 10.00. The van der Waals surface area contributed by atoms with Crippen molar-refractivity contribution in [1.29, 1.82) is 0 Å². The minimum absolute atomic E-state index is 0.0421. The topological polar surface area (TPSA) is 44.4 Å². The molecule has 0 unspecified atom stereocenters. The zero-order valence-electron chi connectivity index (χ0n) is 14.0. The number of aromatic nitrogens is 1. The highest BCUT2D eigenvalue weighted by Crippen LogP contribution is 2.41. The van der Waals surface area contributed by atoms with E-state index < -0.39 is 0 Å². The van der Waals surface area contributed by atoms with E-state index >= 15 is 0 Å². The Morgan fingerprint density at radius 1 is 0.960 bits per heavy atom. The molecular weight excluding hydrogens is 314 g/mol. The number of hydrogen-bond donors (Lipinski definition) is 0. The maximum Gasteiger partial charge on any atom is 0.250 e. The standard InChI is InChI=1S/C21H17NO3/c1-22-13-15(8-11-19(22)23)20-17-10-9-16(24-2)12-18(17)25-21(20)14-6-4-3-5-7-14/h3-13H,1-2H3. The zero-order chi connectivity index (χ0) is 17.4. The third kappa shape index (κ3) is 2.62. The summed E-state index contributed by atoms with van der Waals surface area (Å²) >= 11 is 0. The maximum absolute atomic E-state index is 11.8. The summed E-state index contributed by atoms with van der Waals surface area (Å²) < 4.78 is 13.1. The average molecular weight is 331 g/mol. The Hall–Kier alpha value is -3.27. The Bertz CT molecular complexity index is 1110. The Morgan fingerprint density at radius 2 is 1.76 bits per heavy atom. The first-order valence-corrected chi connectivity index (χ1v) is 8.00. The van der Waals surface area contributed by atoms with E-state index in [2.05, 4.69) is 0 Å². The summed E-state index contributed by atoms with van der Waals surface area (Å²) in [5.74, 6) is 1.52. The van der Waals surface area contributed by atoms with Crippen LogP contribution in [-0.4, -0.2) is 11.7 Å². The molecule has 0 N–H and O–H groups in total. The van der Waals surface area contributed by atoms with E-state index in [4.69, 9.17) is 9.15 Å². The number of hydrogen-bond acceptors (Lipinski definition) is 3. The molecule has 0 saturated heterocycles. The summed E-state index contributed by atoms with van der Waals surface area (Å²) in [4.78, 5) is 11.8. The van der Waals surface area contributed by atoms with Crippen molar-refractivity contribution in [2.24, 2.45) is 7.05 Å². The molecule has 4 heteroatoms. The van der Waals surface area contributed by atoms with Crippen LogP contribution in [0, 0.1) is 0 Å². The van der Waals surface area contributed by atoms with Gasteiger partial charge in [-0.25, -0.2) is 0 Å². The fraction of sp³-hybridized carbons (Fsp3) is 0.0952. The van der Waals surface area contributed by atoms with Crippen LogP contribution in [-0.2, 0) is 7.05 Å². The van der Waals surface area contributed by atoms with Crippen molar-refractivity contribution in [3.8, 4) is 28.2 Å². The van der Waals surface area contributed by atoms with Crippen molar-refractivity contribution in [2.75, 3.05) is 7.11 Å². The first-order chi connectivity index (χ1) is 12.2. The minimum Gasteiger partial charge on any atom is -0.497 e. The van der Waals surface area contributed by atoms with Crippen LogP contribution in [0.1, 0.15) is 0 Å². The van der Waals surface area contributed by atoms with Crippen molar-refractivity contribution >= 4 is 11.0 Å². The molecule has 4 aromatic rings. The quantitative estimate of drug-likeness (QED) is 0.556.